The number of hydrogen-bond donors (Lipinski definition) is 0. The molecule has 242 valence electrons. The Labute approximate surface area is 300 Å². The topological polar surface area (TPSA) is 16.4 Å². The van der Waals surface area contributed by atoms with Gasteiger partial charge in [-0.05, 0) is 108 Å². The van der Waals surface area contributed by atoms with Gasteiger partial charge in [-0.15, -0.1) is 0 Å². The van der Waals surface area contributed by atoms with Crippen molar-refractivity contribution in [2.75, 3.05) is 4.90 Å². The number of para-hydroxylation sites is 1. The summed E-state index contributed by atoms with van der Waals surface area (Å²) in [4.78, 5) is 2.33. The van der Waals surface area contributed by atoms with Gasteiger partial charge < -0.3 is 9.32 Å². The molecule has 11 aromatic rings. The molecule has 2 nitrogen and oxygen atoms in total. The minimum atomic E-state index is 0.867. The number of benzene rings is 10. The van der Waals surface area contributed by atoms with E-state index in [-0.39, 0.29) is 0 Å². The Kier molecular flexibility index (Phi) is 6.28. The number of furan rings is 1. The van der Waals surface area contributed by atoms with Crippen LogP contribution in [0.25, 0.3) is 86.9 Å². The fourth-order valence-corrected chi connectivity index (χ4v) is 8.40. The molecule has 2 heteroatoms. The van der Waals surface area contributed by atoms with Crippen LogP contribution in [0.2, 0.25) is 0 Å². The molecule has 1 heterocycles. The van der Waals surface area contributed by atoms with Crippen molar-refractivity contribution in [3.8, 4) is 11.1 Å². The third-order valence-electron chi connectivity index (χ3n) is 10.8. The molecule has 0 spiro atoms. The Morgan fingerprint density at radius 1 is 0.327 bits per heavy atom. The maximum Gasteiger partial charge on any atom is 0.137 e. The second-order valence-electron chi connectivity index (χ2n) is 13.7. The van der Waals surface area contributed by atoms with Crippen LogP contribution >= 0.6 is 0 Å². The van der Waals surface area contributed by atoms with Gasteiger partial charge >= 0.3 is 0 Å². The van der Waals surface area contributed by atoms with Gasteiger partial charge in [-0.3, -0.25) is 0 Å². The minimum absolute atomic E-state index is 0.867. The minimum Gasteiger partial charge on any atom is -0.456 e. The first-order chi connectivity index (χ1) is 25.8. The highest BCUT2D eigenvalue weighted by atomic mass is 16.3. The Hall–Kier alpha value is -6.90. The van der Waals surface area contributed by atoms with E-state index in [4.69, 9.17) is 4.42 Å². The molecule has 11 rings (SSSR count). The van der Waals surface area contributed by atoms with E-state index in [1.807, 2.05) is 0 Å². The van der Waals surface area contributed by atoms with Crippen molar-refractivity contribution in [1.29, 1.82) is 0 Å². The zero-order valence-electron chi connectivity index (χ0n) is 28.3. The standard InChI is InChI=1S/C50H31NO/c1-2-15-37(16-3-1)51(46-20-10-14-32-11-4-7-17-39(32)46)38-25-28-43-42-26-24-36(30-47(42)52-48(43)31-38)45-29-35-13-6-9-19-41(35)50-44(45)27-23-34-22-21-33-12-5-8-18-40(33)49(34)50/h1-31H. The molecule has 0 aliphatic rings. The van der Waals surface area contributed by atoms with E-state index in [2.05, 4.69) is 193 Å². The smallest absolute Gasteiger partial charge is 0.137 e. The molecule has 0 aliphatic heterocycles. The van der Waals surface area contributed by atoms with Gasteiger partial charge in [-0.1, -0.05) is 133 Å². The first-order valence-electron chi connectivity index (χ1n) is 17.8. The van der Waals surface area contributed by atoms with Crippen molar-refractivity contribution in [2.24, 2.45) is 0 Å². The molecule has 0 aliphatic carbocycles. The normalized spacial score (nSPS) is 11.8. The van der Waals surface area contributed by atoms with E-state index in [0.717, 1.165) is 44.6 Å². The maximum atomic E-state index is 6.77. The number of nitrogens with zero attached hydrogens (tertiary/aromatic N) is 1. The summed E-state index contributed by atoms with van der Waals surface area (Å²) in [6, 6.07) is 67.9. The fourth-order valence-electron chi connectivity index (χ4n) is 8.40. The summed E-state index contributed by atoms with van der Waals surface area (Å²) in [7, 11) is 0. The van der Waals surface area contributed by atoms with E-state index in [1.54, 1.807) is 0 Å². The lowest BCUT2D eigenvalue weighted by Gasteiger charge is -2.26. The quantitative estimate of drug-likeness (QED) is 0.175. The lowest BCUT2D eigenvalue weighted by atomic mass is 9.88. The fraction of sp³-hybridized carbons (Fsp3) is 0. The maximum absolute atomic E-state index is 6.77. The Morgan fingerprint density at radius 3 is 1.75 bits per heavy atom. The van der Waals surface area contributed by atoms with E-state index >= 15 is 0 Å². The Morgan fingerprint density at radius 2 is 0.923 bits per heavy atom. The van der Waals surface area contributed by atoms with Crippen LogP contribution in [0, 0.1) is 0 Å². The van der Waals surface area contributed by atoms with Gasteiger partial charge in [0.05, 0.1) is 5.69 Å². The van der Waals surface area contributed by atoms with Crippen molar-refractivity contribution in [3.05, 3.63) is 188 Å². The third kappa shape index (κ3) is 4.38. The van der Waals surface area contributed by atoms with Crippen LogP contribution in [0.3, 0.4) is 0 Å². The SMILES string of the molecule is c1ccc(N(c2ccc3c(c2)oc2cc(-c4cc5ccccc5c5c4ccc4ccc6ccccc6c45)ccc23)c2cccc3ccccc23)cc1. The van der Waals surface area contributed by atoms with Crippen molar-refractivity contribution >= 4 is 92.9 Å². The van der Waals surface area contributed by atoms with Gasteiger partial charge in [-0.2, -0.15) is 0 Å². The van der Waals surface area contributed by atoms with Crippen LogP contribution < -0.4 is 4.90 Å². The number of rotatable bonds is 4. The molecule has 52 heavy (non-hydrogen) atoms. The van der Waals surface area contributed by atoms with Gasteiger partial charge in [0.15, 0.2) is 0 Å². The lowest BCUT2D eigenvalue weighted by Crippen LogP contribution is -2.10. The summed E-state index contributed by atoms with van der Waals surface area (Å²) < 4.78 is 6.77. The first-order valence-corrected chi connectivity index (χ1v) is 17.8. The molecule has 0 unspecified atom stereocenters. The van der Waals surface area contributed by atoms with E-state index in [0.29, 0.717) is 0 Å². The monoisotopic (exact) mass is 661 g/mol. The predicted octanol–water partition coefficient (Wildman–Crippen LogP) is 14.5. The van der Waals surface area contributed by atoms with E-state index in [9.17, 15) is 0 Å². The molecule has 0 saturated carbocycles. The lowest BCUT2D eigenvalue weighted by molar-refractivity contribution is 0.669. The summed E-state index contributed by atoms with van der Waals surface area (Å²) in [5.41, 5.74) is 7.38. The van der Waals surface area contributed by atoms with Gasteiger partial charge in [0, 0.05) is 33.6 Å². The zero-order chi connectivity index (χ0) is 34.2. The van der Waals surface area contributed by atoms with Crippen molar-refractivity contribution in [2.45, 2.75) is 0 Å². The summed E-state index contributed by atoms with van der Waals surface area (Å²) >= 11 is 0. The molecule has 1 aromatic heterocycles. The molecule has 10 aromatic carbocycles. The third-order valence-corrected chi connectivity index (χ3v) is 10.8. The van der Waals surface area contributed by atoms with Crippen LogP contribution in [0.5, 0.6) is 0 Å². The molecule has 0 radical (unpaired) electrons. The molecule has 0 saturated heterocycles. The summed E-state index contributed by atoms with van der Waals surface area (Å²) in [6.07, 6.45) is 0. The molecule has 0 amide bonds. The number of hydrogen-bond acceptors (Lipinski definition) is 2. The van der Waals surface area contributed by atoms with E-state index in [1.165, 1.54) is 59.4 Å². The van der Waals surface area contributed by atoms with Gasteiger partial charge in [-0.25, -0.2) is 0 Å². The molecule has 0 N–H and O–H groups in total. The van der Waals surface area contributed by atoms with Crippen LogP contribution in [-0.2, 0) is 0 Å². The second kappa shape index (κ2) is 11.3. The average Bonchev–Trinajstić information content (AvgIpc) is 3.58. The summed E-state index contributed by atoms with van der Waals surface area (Å²) in [6.45, 7) is 0. The average molecular weight is 662 g/mol. The molecular weight excluding hydrogens is 631 g/mol. The van der Waals surface area contributed by atoms with Crippen LogP contribution in [0.4, 0.5) is 17.1 Å². The molecule has 0 atom stereocenters. The highest BCUT2D eigenvalue weighted by molar-refractivity contribution is 6.30. The number of fused-ring (bicyclic) bond motifs is 11. The number of anilines is 3. The molecular formula is C50H31NO. The Bertz CT molecular complexity index is 3190. The molecule has 0 fully saturated rings. The highest BCUT2D eigenvalue weighted by Gasteiger charge is 2.19. The summed E-state index contributed by atoms with van der Waals surface area (Å²) in [5.74, 6) is 0. The first kappa shape index (κ1) is 28.9. The van der Waals surface area contributed by atoms with Gasteiger partial charge in [0.25, 0.3) is 0 Å². The second-order valence-corrected chi connectivity index (χ2v) is 13.7. The largest absolute Gasteiger partial charge is 0.456 e. The predicted molar refractivity (Wildman–Crippen MR) is 221 cm³/mol. The van der Waals surface area contributed by atoms with Gasteiger partial charge in [0.1, 0.15) is 11.2 Å². The van der Waals surface area contributed by atoms with Crippen LogP contribution in [-0.4, -0.2) is 0 Å². The van der Waals surface area contributed by atoms with Crippen molar-refractivity contribution in [3.63, 3.8) is 0 Å². The van der Waals surface area contributed by atoms with Gasteiger partial charge in [0.2, 0.25) is 0 Å². The van der Waals surface area contributed by atoms with Crippen molar-refractivity contribution in [1.82, 2.24) is 0 Å². The van der Waals surface area contributed by atoms with Crippen LogP contribution in [0.1, 0.15) is 0 Å². The summed E-state index contributed by atoms with van der Waals surface area (Å²) in [5, 5.41) is 14.8. The molecule has 0 bridgehead atoms. The van der Waals surface area contributed by atoms with Crippen LogP contribution in [0.15, 0.2) is 192 Å². The van der Waals surface area contributed by atoms with Crippen molar-refractivity contribution < 1.29 is 4.42 Å². The zero-order valence-corrected chi connectivity index (χ0v) is 28.3. The van der Waals surface area contributed by atoms with E-state index < -0.39 is 0 Å². The highest BCUT2D eigenvalue weighted by Crippen LogP contribution is 2.44. The Balaban J connectivity index is 1.11.